The van der Waals surface area contributed by atoms with Gasteiger partial charge in [-0.25, -0.2) is 4.79 Å². The van der Waals surface area contributed by atoms with Crippen LogP contribution in [0.25, 0.3) is 0 Å². The molecule has 0 spiro atoms. The van der Waals surface area contributed by atoms with Gasteiger partial charge in [-0.05, 0) is 0 Å². The number of hydrogen-bond donors (Lipinski definition) is 3. The summed E-state index contributed by atoms with van der Waals surface area (Å²) in [5, 5.41) is 16.3. The Labute approximate surface area is 63.1 Å². The second-order valence-electron chi connectivity index (χ2n) is 1.96. The molecule has 0 aromatic heterocycles. The van der Waals surface area contributed by atoms with Crippen molar-refractivity contribution in [2.45, 2.75) is 12.5 Å². The first-order valence-corrected chi connectivity index (χ1v) is 2.91. The van der Waals surface area contributed by atoms with Crippen molar-refractivity contribution in [3.8, 4) is 0 Å². The summed E-state index contributed by atoms with van der Waals surface area (Å²) in [4.78, 5) is 19.9. The Morgan fingerprint density at radius 3 is 2.36 bits per heavy atom. The Morgan fingerprint density at radius 2 is 2.00 bits per heavy atom. The molecule has 1 unspecified atom stereocenters. The molecule has 0 aliphatic heterocycles. The van der Waals surface area contributed by atoms with E-state index in [0.29, 0.717) is 0 Å². The first-order chi connectivity index (χ1) is 5.02. The van der Waals surface area contributed by atoms with Gasteiger partial charge in [0.2, 0.25) is 0 Å². The monoisotopic (exact) mass is 159 g/mol. The molecule has 0 rings (SSSR count). The van der Waals surface area contributed by atoms with Crippen LogP contribution in [0, 0.1) is 0 Å². The molecule has 0 amide bonds. The highest BCUT2D eigenvalue weighted by Gasteiger charge is 2.03. The van der Waals surface area contributed by atoms with Crippen molar-refractivity contribution < 1.29 is 19.8 Å². The maximum Gasteiger partial charge on any atom is 0.328 e. The lowest BCUT2D eigenvalue weighted by Gasteiger charge is -1.99. The van der Waals surface area contributed by atoms with Crippen LogP contribution in [-0.4, -0.2) is 28.2 Å². The van der Waals surface area contributed by atoms with Crippen LogP contribution in [0.2, 0.25) is 0 Å². The minimum absolute atomic E-state index is 0.260. The molecule has 0 saturated heterocycles. The fourth-order valence-corrected chi connectivity index (χ4v) is 0.476. The standard InChI is InChI=1S/C6H9NO4/c7-4(3-6(10)11)1-2-5(8)9/h1-2,4H,3,7H2,(H,8,9)(H,10,11)/b2-1+. The van der Waals surface area contributed by atoms with E-state index >= 15 is 0 Å². The first-order valence-electron chi connectivity index (χ1n) is 2.91. The van der Waals surface area contributed by atoms with Crippen molar-refractivity contribution in [1.82, 2.24) is 0 Å². The third-order valence-electron chi connectivity index (χ3n) is 0.896. The van der Waals surface area contributed by atoms with Crippen molar-refractivity contribution in [3.05, 3.63) is 12.2 Å². The Kier molecular flexibility index (Phi) is 3.90. The zero-order chi connectivity index (χ0) is 8.85. The molecule has 0 fully saturated rings. The first kappa shape index (κ1) is 9.64. The fraction of sp³-hybridized carbons (Fsp3) is 0.333. The lowest BCUT2D eigenvalue weighted by atomic mass is 10.2. The van der Waals surface area contributed by atoms with Gasteiger partial charge in [-0.2, -0.15) is 0 Å². The highest BCUT2D eigenvalue weighted by atomic mass is 16.4. The normalized spacial score (nSPS) is 13.2. The summed E-state index contributed by atoms with van der Waals surface area (Å²) >= 11 is 0. The largest absolute Gasteiger partial charge is 0.481 e. The molecule has 0 aromatic rings. The summed E-state index contributed by atoms with van der Waals surface area (Å²) < 4.78 is 0. The molecule has 11 heavy (non-hydrogen) atoms. The Hall–Kier alpha value is -1.36. The molecule has 62 valence electrons. The molecular weight excluding hydrogens is 150 g/mol. The number of rotatable bonds is 4. The summed E-state index contributed by atoms with van der Waals surface area (Å²) in [7, 11) is 0. The highest BCUT2D eigenvalue weighted by molar-refractivity contribution is 5.80. The summed E-state index contributed by atoms with van der Waals surface area (Å²) in [5.74, 6) is -2.18. The van der Waals surface area contributed by atoms with Gasteiger partial charge in [-0.15, -0.1) is 0 Å². The number of nitrogens with two attached hydrogens (primary N) is 1. The van der Waals surface area contributed by atoms with Gasteiger partial charge < -0.3 is 15.9 Å². The molecule has 0 saturated carbocycles. The average Bonchev–Trinajstić information content (AvgIpc) is 1.82. The van der Waals surface area contributed by atoms with Gasteiger partial charge >= 0.3 is 11.9 Å². The van der Waals surface area contributed by atoms with Gasteiger partial charge in [-0.1, -0.05) is 6.08 Å². The topological polar surface area (TPSA) is 101 Å². The molecule has 0 aliphatic carbocycles. The van der Waals surface area contributed by atoms with E-state index in [2.05, 4.69) is 0 Å². The zero-order valence-corrected chi connectivity index (χ0v) is 5.73. The van der Waals surface area contributed by atoms with E-state index in [9.17, 15) is 9.59 Å². The second kappa shape index (κ2) is 4.45. The van der Waals surface area contributed by atoms with Crippen LogP contribution in [0.5, 0.6) is 0 Å². The molecule has 0 aromatic carbocycles. The lowest BCUT2D eigenvalue weighted by molar-refractivity contribution is -0.137. The predicted molar refractivity (Wildman–Crippen MR) is 37.0 cm³/mol. The van der Waals surface area contributed by atoms with Crippen LogP contribution in [0.3, 0.4) is 0 Å². The number of carboxylic acids is 2. The van der Waals surface area contributed by atoms with E-state index in [-0.39, 0.29) is 6.42 Å². The molecule has 0 bridgehead atoms. The van der Waals surface area contributed by atoms with Gasteiger partial charge in [-0.3, -0.25) is 4.79 Å². The summed E-state index contributed by atoms with van der Waals surface area (Å²) in [5.41, 5.74) is 5.19. The van der Waals surface area contributed by atoms with Gasteiger partial charge in [0.05, 0.1) is 6.42 Å². The molecule has 0 aliphatic rings. The summed E-state index contributed by atoms with van der Waals surface area (Å²) in [6.45, 7) is 0. The molecule has 4 N–H and O–H groups in total. The van der Waals surface area contributed by atoms with Crippen molar-refractivity contribution in [2.75, 3.05) is 0 Å². The number of aliphatic carboxylic acids is 2. The number of carbonyl (C=O) groups is 2. The predicted octanol–water partition coefficient (Wildman–Crippen LogP) is -0.571. The van der Waals surface area contributed by atoms with Crippen LogP contribution in [-0.2, 0) is 9.59 Å². The van der Waals surface area contributed by atoms with Crippen LogP contribution in [0.1, 0.15) is 6.42 Å². The van der Waals surface area contributed by atoms with E-state index in [1.807, 2.05) is 0 Å². The average molecular weight is 159 g/mol. The van der Waals surface area contributed by atoms with Gasteiger partial charge in [0.15, 0.2) is 0 Å². The van der Waals surface area contributed by atoms with E-state index in [4.69, 9.17) is 15.9 Å². The SMILES string of the molecule is NC(/C=C/C(=O)O)CC(=O)O. The molecule has 0 heterocycles. The molecule has 5 nitrogen and oxygen atoms in total. The van der Waals surface area contributed by atoms with Crippen LogP contribution < -0.4 is 5.73 Å². The van der Waals surface area contributed by atoms with Crippen molar-refractivity contribution in [1.29, 1.82) is 0 Å². The summed E-state index contributed by atoms with van der Waals surface area (Å²) in [6.07, 6.45) is 1.70. The Balaban J connectivity index is 3.77. The van der Waals surface area contributed by atoms with Gasteiger partial charge in [0, 0.05) is 12.1 Å². The summed E-state index contributed by atoms with van der Waals surface area (Å²) in [6, 6.07) is -0.733. The fourth-order valence-electron chi connectivity index (χ4n) is 0.476. The molecule has 5 heteroatoms. The smallest absolute Gasteiger partial charge is 0.328 e. The minimum Gasteiger partial charge on any atom is -0.481 e. The number of hydrogen-bond acceptors (Lipinski definition) is 3. The molecule has 0 radical (unpaired) electrons. The van der Waals surface area contributed by atoms with Crippen LogP contribution in [0.4, 0.5) is 0 Å². The van der Waals surface area contributed by atoms with Crippen molar-refractivity contribution >= 4 is 11.9 Å². The third kappa shape index (κ3) is 6.53. The van der Waals surface area contributed by atoms with E-state index in [1.165, 1.54) is 0 Å². The van der Waals surface area contributed by atoms with Gasteiger partial charge in [0.25, 0.3) is 0 Å². The quantitative estimate of drug-likeness (QED) is 0.477. The van der Waals surface area contributed by atoms with Crippen molar-refractivity contribution in [2.24, 2.45) is 5.73 Å². The minimum atomic E-state index is -1.13. The third-order valence-corrected chi connectivity index (χ3v) is 0.896. The Bertz CT molecular complexity index is 187. The van der Waals surface area contributed by atoms with Crippen molar-refractivity contribution in [3.63, 3.8) is 0 Å². The van der Waals surface area contributed by atoms with Crippen LogP contribution >= 0.6 is 0 Å². The zero-order valence-electron chi connectivity index (χ0n) is 5.73. The van der Waals surface area contributed by atoms with E-state index in [1.54, 1.807) is 0 Å². The lowest BCUT2D eigenvalue weighted by Crippen LogP contribution is -2.21. The maximum absolute atomic E-state index is 9.99. The van der Waals surface area contributed by atoms with E-state index in [0.717, 1.165) is 12.2 Å². The maximum atomic E-state index is 9.99. The van der Waals surface area contributed by atoms with Crippen LogP contribution in [0.15, 0.2) is 12.2 Å². The van der Waals surface area contributed by atoms with E-state index < -0.39 is 18.0 Å². The van der Waals surface area contributed by atoms with Gasteiger partial charge in [0.1, 0.15) is 0 Å². The number of carboxylic acid groups (broad SMARTS) is 2. The highest BCUT2D eigenvalue weighted by Crippen LogP contribution is 1.89. The molecular formula is C6H9NO4. The molecule has 1 atom stereocenters. The Morgan fingerprint density at radius 1 is 1.45 bits per heavy atom. The second-order valence-corrected chi connectivity index (χ2v) is 1.96.